The van der Waals surface area contributed by atoms with Gasteiger partial charge in [-0.15, -0.1) is 0 Å². The number of anilines is 1. The predicted molar refractivity (Wildman–Crippen MR) is 84.0 cm³/mol. The molecule has 1 aliphatic rings. The highest BCUT2D eigenvalue weighted by Crippen LogP contribution is 2.42. The molecule has 1 aliphatic carbocycles. The molecule has 2 aromatic rings. The van der Waals surface area contributed by atoms with Crippen LogP contribution in [0.3, 0.4) is 0 Å². The lowest BCUT2D eigenvalue weighted by molar-refractivity contribution is 0.406. The van der Waals surface area contributed by atoms with E-state index in [2.05, 4.69) is 61.4 Å². The van der Waals surface area contributed by atoms with Crippen molar-refractivity contribution >= 4 is 5.69 Å². The zero-order chi connectivity index (χ0) is 14.2. The summed E-state index contributed by atoms with van der Waals surface area (Å²) in [5, 5.41) is 3.68. The van der Waals surface area contributed by atoms with Crippen molar-refractivity contribution < 1.29 is 0 Å². The summed E-state index contributed by atoms with van der Waals surface area (Å²) in [6.45, 7) is 6.82. The van der Waals surface area contributed by atoms with Gasteiger partial charge >= 0.3 is 0 Å². The molecule has 2 heteroatoms. The normalized spacial score (nSPS) is 20.2. The van der Waals surface area contributed by atoms with Crippen LogP contribution in [0.2, 0.25) is 0 Å². The Bertz CT molecular complexity index is 616. The molecular formula is C18H22N2. The highest BCUT2D eigenvalue weighted by Gasteiger charge is 2.32. The second-order valence-corrected chi connectivity index (χ2v) is 6.40. The fourth-order valence-electron chi connectivity index (χ4n) is 3.17. The fraction of sp³-hybridized carbons (Fsp3) is 0.389. The number of pyridine rings is 1. The van der Waals surface area contributed by atoms with Crippen molar-refractivity contribution in [1.29, 1.82) is 0 Å². The number of rotatable bonds is 2. The zero-order valence-electron chi connectivity index (χ0n) is 12.5. The molecule has 1 aromatic heterocycles. The van der Waals surface area contributed by atoms with Crippen LogP contribution in [-0.4, -0.2) is 4.98 Å². The van der Waals surface area contributed by atoms with Gasteiger partial charge in [0, 0.05) is 6.20 Å². The number of hydrogen-bond acceptors (Lipinski definition) is 2. The number of aryl methyl sites for hydroxylation is 1. The van der Waals surface area contributed by atoms with Crippen molar-refractivity contribution in [2.75, 3.05) is 5.32 Å². The molecule has 0 bridgehead atoms. The Morgan fingerprint density at radius 2 is 2.00 bits per heavy atom. The molecule has 0 spiro atoms. The van der Waals surface area contributed by atoms with E-state index in [0.717, 1.165) is 5.69 Å². The van der Waals surface area contributed by atoms with Crippen molar-refractivity contribution in [3.05, 3.63) is 59.4 Å². The van der Waals surface area contributed by atoms with E-state index in [0.29, 0.717) is 6.04 Å². The first kappa shape index (κ1) is 13.2. The highest BCUT2D eigenvalue weighted by atomic mass is 14.9. The van der Waals surface area contributed by atoms with Gasteiger partial charge in [-0.1, -0.05) is 38.1 Å². The van der Waals surface area contributed by atoms with Gasteiger partial charge in [-0.05, 0) is 47.9 Å². The van der Waals surface area contributed by atoms with Gasteiger partial charge < -0.3 is 5.32 Å². The van der Waals surface area contributed by atoms with Crippen LogP contribution >= 0.6 is 0 Å². The number of fused-ring (bicyclic) bond motifs is 1. The SMILES string of the molecule is Cc1ccncc1NC1CCC(C)(C)c2ccccc21. The summed E-state index contributed by atoms with van der Waals surface area (Å²) < 4.78 is 0. The molecule has 0 saturated carbocycles. The Kier molecular flexibility index (Phi) is 3.25. The lowest BCUT2D eigenvalue weighted by atomic mass is 9.71. The molecule has 104 valence electrons. The summed E-state index contributed by atoms with van der Waals surface area (Å²) in [5.74, 6) is 0. The third-order valence-corrected chi connectivity index (χ3v) is 4.49. The minimum atomic E-state index is 0.277. The number of benzene rings is 1. The largest absolute Gasteiger partial charge is 0.377 e. The van der Waals surface area contributed by atoms with E-state index >= 15 is 0 Å². The van der Waals surface area contributed by atoms with Crippen LogP contribution in [0.4, 0.5) is 5.69 Å². The average Bonchev–Trinajstić information content (AvgIpc) is 2.44. The van der Waals surface area contributed by atoms with Crippen LogP contribution in [-0.2, 0) is 5.41 Å². The average molecular weight is 266 g/mol. The monoisotopic (exact) mass is 266 g/mol. The maximum Gasteiger partial charge on any atom is 0.0561 e. The van der Waals surface area contributed by atoms with Gasteiger partial charge in [0.2, 0.25) is 0 Å². The maximum absolute atomic E-state index is 4.23. The second-order valence-electron chi connectivity index (χ2n) is 6.40. The van der Waals surface area contributed by atoms with Crippen LogP contribution in [0.1, 0.15) is 49.4 Å². The van der Waals surface area contributed by atoms with Crippen molar-refractivity contribution in [2.45, 2.75) is 45.1 Å². The summed E-state index contributed by atoms with van der Waals surface area (Å²) in [7, 11) is 0. The molecule has 1 atom stereocenters. The summed E-state index contributed by atoms with van der Waals surface area (Å²) in [5.41, 5.74) is 5.59. The molecule has 20 heavy (non-hydrogen) atoms. The Morgan fingerprint density at radius 1 is 1.20 bits per heavy atom. The predicted octanol–water partition coefficient (Wildman–Crippen LogP) is 4.61. The number of nitrogens with one attached hydrogen (secondary N) is 1. The fourth-order valence-corrected chi connectivity index (χ4v) is 3.17. The Labute approximate surface area is 121 Å². The summed E-state index contributed by atoms with van der Waals surface area (Å²) >= 11 is 0. The molecule has 0 aliphatic heterocycles. The number of nitrogens with zero attached hydrogens (tertiary/aromatic N) is 1. The molecule has 2 nitrogen and oxygen atoms in total. The van der Waals surface area contributed by atoms with Gasteiger partial charge in [0.15, 0.2) is 0 Å². The highest BCUT2D eigenvalue weighted by molar-refractivity contribution is 5.51. The van der Waals surface area contributed by atoms with Gasteiger partial charge in [-0.2, -0.15) is 0 Å². The Hall–Kier alpha value is -1.83. The van der Waals surface area contributed by atoms with Gasteiger partial charge in [-0.25, -0.2) is 0 Å². The van der Waals surface area contributed by atoms with E-state index in [-0.39, 0.29) is 5.41 Å². The molecule has 3 rings (SSSR count). The van der Waals surface area contributed by atoms with Crippen molar-refractivity contribution in [3.8, 4) is 0 Å². The molecule has 1 aromatic carbocycles. The van der Waals surface area contributed by atoms with Crippen molar-refractivity contribution in [2.24, 2.45) is 0 Å². The first-order chi connectivity index (χ1) is 9.58. The third kappa shape index (κ3) is 2.31. The first-order valence-electron chi connectivity index (χ1n) is 7.34. The van der Waals surface area contributed by atoms with Crippen molar-refractivity contribution in [1.82, 2.24) is 4.98 Å². The van der Waals surface area contributed by atoms with Crippen LogP contribution in [0.25, 0.3) is 0 Å². The van der Waals surface area contributed by atoms with Gasteiger partial charge in [-0.3, -0.25) is 4.98 Å². The number of hydrogen-bond donors (Lipinski definition) is 1. The second kappa shape index (κ2) is 4.93. The van der Waals surface area contributed by atoms with Crippen LogP contribution in [0.5, 0.6) is 0 Å². The lowest BCUT2D eigenvalue weighted by Gasteiger charge is -2.37. The zero-order valence-corrected chi connectivity index (χ0v) is 12.5. The molecule has 1 heterocycles. The van der Waals surface area contributed by atoms with Crippen LogP contribution in [0, 0.1) is 6.92 Å². The first-order valence-corrected chi connectivity index (χ1v) is 7.34. The minimum absolute atomic E-state index is 0.277. The smallest absolute Gasteiger partial charge is 0.0561 e. The topological polar surface area (TPSA) is 24.9 Å². The van der Waals surface area contributed by atoms with E-state index < -0.39 is 0 Å². The molecule has 1 N–H and O–H groups in total. The van der Waals surface area contributed by atoms with Crippen molar-refractivity contribution in [3.63, 3.8) is 0 Å². The van der Waals surface area contributed by atoms with E-state index in [4.69, 9.17) is 0 Å². The quantitative estimate of drug-likeness (QED) is 0.858. The van der Waals surface area contributed by atoms with E-state index in [1.807, 2.05) is 12.4 Å². The summed E-state index contributed by atoms with van der Waals surface area (Å²) in [4.78, 5) is 4.23. The molecule has 1 unspecified atom stereocenters. The number of aromatic nitrogens is 1. The minimum Gasteiger partial charge on any atom is -0.377 e. The van der Waals surface area contributed by atoms with Gasteiger partial charge in [0.05, 0.1) is 17.9 Å². The van der Waals surface area contributed by atoms with E-state index in [9.17, 15) is 0 Å². The molecule has 0 radical (unpaired) electrons. The molecule has 0 amide bonds. The van der Waals surface area contributed by atoms with E-state index in [1.165, 1.54) is 29.5 Å². The molecule has 0 saturated heterocycles. The lowest BCUT2D eigenvalue weighted by Crippen LogP contribution is -2.29. The summed E-state index contributed by atoms with van der Waals surface area (Å²) in [6, 6.07) is 11.3. The standard InChI is InChI=1S/C18H22N2/c1-13-9-11-19-12-17(13)20-16-8-10-18(2,3)15-7-5-4-6-14(15)16/h4-7,9,11-12,16,20H,8,10H2,1-3H3. The van der Waals surface area contributed by atoms with Gasteiger partial charge in [0.25, 0.3) is 0 Å². The molecule has 0 fully saturated rings. The van der Waals surface area contributed by atoms with E-state index in [1.54, 1.807) is 0 Å². The Balaban J connectivity index is 1.95. The molecular weight excluding hydrogens is 244 g/mol. The Morgan fingerprint density at radius 3 is 2.80 bits per heavy atom. The summed E-state index contributed by atoms with van der Waals surface area (Å²) in [6.07, 6.45) is 6.15. The van der Waals surface area contributed by atoms with Crippen LogP contribution in [0.15, 0.2) is 42.7 Å². The maximum atomic E-state index is 4.23. The van der Waals surface area contributed by atoms with Gasteiger partial charge in [0.1, 0.15) is 0 Å². The van der Waals surface area contributed by atoms with Crippen LogP contribution < -0.4 is 5.32 Å². The third-order valence-electron chi connectivity index (χ3n) is 4.49.